The molecule has 2 fully saturated rings. The fourth-order valence-electron chi connectivity index (χ4n) is 6.55. The molecular weight excluding hydrogens is 963 g/mol. The lowest BCUT2D eigenvalue weighted by atomic mass is 9.83. The number of carbonyl (C=O) groups excluding carboxylic acids is 2. The number of hydrogen-bond acceptors (Lipinski definition) is 12. The third-order valence-electron chi connectivity index (χ3n) is 10.2. The molecule has 2 unspecified atom stereocenters. The Morgan fingerprint density at radius 2 is 1.58 bits per heavy atom. The topological polar surface area (TPSA) is 204 Å². The maximum Gasteiger partial charge on any atom is 0.315 e. The summed E-state index contributed by atoms with van der Waals surface area (Å²) in [4.78, 5) is 41.6. The first-order chi connectivity index (χ1) is 34.7. The summed E-state index contributed by atoms with van der Waals surface area (Å²) in [7, 11) is 5.42. The second-order valence-electron chi connectivity index (χ2n) is 18.1. The maximum atomic E-state index is 12.4. The van der Waals surface area contributed by atoms with E-state index in [2.05, 4.69) is 72.1 Å². The quantitative estimate of drug-likeness (QED) is 0.0200. The smallest absolute Gasteiger partial charge is 0.315 e. The molecule has 0 bridgehead atoms. The van der Waals surface area contributed by atoms with E-state index in [9.17, 15) is 13.8 Å². The first-order valence-electron chi connectivity index (χ1n) is 26.8. The number of nitrogens with one attached hydrogen (secondary N) is 4. The molecule has 0 spiro atoms. The van der Waals surface area contributed by atoms with Crippen molar-refractivity contribution in [1.82, 2.24) is 25.8 Å². The fourth-order valence-corrected chi connectivity index (χ4v) is 8.65. The number of aliphatic hydroxyl groups excluding tert-OH is 1. The van der Waals surface area contributed by atoms with Crippen LogP contribution in [0.25, 0.3) is 0 Å². The molecule has 1 saturated carbocycles. The SMILES string of the molecule is C=CCC=C.CC.CC.CC(=O)O.CCCCCCCC(C)CNC.CCNC(=O)NC1(CS(=O)C(C)(C)C)CCCCC1.CO.CO/C(C)=C/CN=Cc1csc(NC(C)C)n1.COC[C@@H]1CCCN1C=O. The van der Waals surface area contributed by atoms with E-state index in [1.165, 1.54) is 51.5 Å². The largest absolute Gasteiger partial charge is 0.502 e. The van der Waals surface area contributed by atoms with Crippen molar-refractivity contribution in [2.45, 2.75) is 209 Å². The van der Waals surface area contributed by atoms with Gasteiger partial charge in [-0.1, -0.05) is 105 Å². The Bertz CT molecular complexity index is 1490. The number of methoxy groups -OCH3 is 2. The van der Waals surface area contributed by atoms with Crippen LogP contribution in [0, 0.1) is 5.92 Å². The number of nitrogens with zero attached hydrogens (tertiary/aromatic N) is 3. The number of aliphatic imine (C=N–C) groups is 1. The number of aliphatic hydroxyl groups is 1. The van der Waals surface area contributed by atoms with E-state index in [1.807, 2.05) is 97.9 Å². The number of allylic oxidation sites excluding steroid dienone is 3. The summed E-state index contributed by atoms with van der Waals surface area (Å²) in [6.07, 6.45) is 25.1. The first kappa shape index (κ1) is 80.7. The molecule has 2 aliphatic rings. The Morgan fingerprint density at radius 1 is 1.00 bits per heavy atom. The van der Waals surface area contributed by atoms with Crippen molar-refractivity contribution >= 4 is 51.9 Å². The molecule has 432 valence electrons. The van der Waals surface area contributed by atoms with Crippen molar-refractivity contribution in [3.63, 3.8) is 0 Å². The van der Waals surface area contributed by atoms with E-state index in [-0.39, 0.29) is 16.3 Å². The highest BCUT2D eigenvalue weighted by Crippen LogP contribution is 2.31. The molecule has 6 N–H and O–H groups in total. The second kappa shape index (κ2) is 57.6. The van der Waals surface area contributed by atoms with Crippen LogP contribution in [0.3, 0.4) is 0 Å². The predicted molar refractivity (Wildman–Crippen MR) is 318 cm³/mol. The molecule has 1 aromatic rings. The average Bonchev–Trinajstić information content (AvgIpc) is 4.02. The number of carboxylic acids is 1. The molecule has 3 amide bonds. The number of aromatic nitrogens is 1. The summed E-state index contributed by atoms with van der Waals surface area (Å²) in [5.41, 5.74) is 0.608. The average molecular weight is 1080 g/mol. The van der Waals surface area contributed by atoms with Crippen LogP contribution in [-0.2, 0) is 29.9 Å². The number of carbonyl (C=O) groups is 3. The number of hydrogen-bond donors (Lipinski definition) is 6. The lowest BCUT2D eigenvalue weighted by Crippen LogP contribution is -2.57. The van der Waals surface area contributed by atoms with Gasteiger partial charge in [0.15, 0.2) is 5.13 Å². The molecule has 3 rings (SSSR count). The molecule has 1 aromatic heterocycles. The van der Waals surface area contributed by atoms with E-state index in [0.717, 1.165) is 94.4 Å². The summed E-state index contributed by atoms with van der Waals surface area (Å²) >= 11 is 1.59. The van der Waals surface area contributed by atoms with E-state index < -0.39 is 16.8 Å². The summed E-state index contributed by atoms with van der Waals surface area (Å²) in [5, 5.41) is 29.7. The molecule has 0 aromatic carbocycles. The number of rotatable bonds is 23. The number of carboxylic acid groups (broad SMARTS) is 1. The van der Waals surface area contributed by atoms with Gasteiger partial charge in [-0.3, -0.25) is 18.8 Å². The third kappa shape index (κ3) is 54.4. The Balaban J connectivity index is -0.000000191. The van der Waals surface area contributed by atoms with Gasteiger partial charge in [0.25, 0.3) is 5.97 Å². The molecule has 15 nitrogen and oxygen atoms in total. The zero-order valence-electron chi connectivity index (χ0n) is 49.8. The molecular formula is C56H113N7O8S2. The number of likely N-dealkylation sites (tertiary alicyclic amines) is 1. The Hall–Kier alpha value is -3.64. The zero-order valence-corrected chi connectivity index (χ0v) is 51.4. The molecule has 73 heavy (non-hydrogen) atoms. The van der Waals surface area contributed by atoms with Crippen LogP contribution in [0.2, 0.25) is 0 Å². The van der Waals surface area contributed by atoms with Crippen LogP contribution in [0.5, 0.6) is 0 Å². The summed E-state index contributed by atoms with van der Waals surface area (Å²) < 4.78 is 22.2. The summed E-state index contributed by atoms with van der Waals surface area (Å²) in [6, 6.07) is 0.607. The van der Waals surface area contributed by atoms with Crippen LogP contribution < -0.4 is 21.3 Å². The number of thiazole rings is 1. The molecule has 1 aliphatic carbocycles. The van der Waals surface area contributed by atoms with Crippen LogP contribution in [0.1, 0.15) is 193 Å². The van der Waals surface area contributed by atoms with E-state index in [1.54, 1.807) is 31.8 Å². The van der Waals surface area contributed by atoms with Crippen LogP contribution in [0.15, 0.2) is 47.5 Å². The monoisotopic (exact) mass is 1080 g/mol. The molecule has 0 radical (unpaired) electrons. The number of amides is 3. The lowest BCUT2D eigenvalue weighted by Gasteiger charge is -2.39. The van der Waals surface area contributed by atoms with Crippen molar-refractivity contribution in [1.29, 1.82) is 0 Å². The van der Waals surface area contributed by atoms with Gasteiger partial charge in [0.2, 0.25) is 6.41 Å². The summed E-state index contributed by atoms with van der Waals surface area (Å²) in [5.74, 6) is 1.47. The number of unbranched alkanes of at least 4 members (excludes halogenated alkanes) is 4. The van der Waals surface area contributed by atoms with Gasteiger partial charge in [-0.05, 0) is 113 Å². The molecule has 17 heteroatoms. The minimum atomic E-state index is -0.937. The van der Waals surface area contributed by atoms with Gasteiger partial charge in [-0.15, -0.1) is 24.5 Å². The Kier molecular flexibility index (Phi) is 63.7. The Labute approximate surface area is 454 Å². The van der Waals surface area contributed by atoms with E-state index in [0.29, 0.717) is 37.5 Å². The van der Waals surface area contributed by atoms with Gasteiger partial charge in [0, 0.05) is 73.2 Å². The van der Waals surface area contributed by atoms with Crippen molar-refractivity contribution in [2.24, 2.45) is 10.9 Å². The highest BCUT2D eigenvalue weighted by atomic mass is 32.2. The lowest BCUT2D eigenvalue weighted by molar-refractivity contribution is -0.134. The van der Waals surface area contributed by atoms with Gasteiger partial charge >= 0.3 is 6.03 Å². The van der Waals surface area contributed by atoms with Crippen molar-refractivity contribution in [3.8, 4) is 0 Å². The third-order valence-corrected chi connectivity index (χ3v) is 13.2. The number of aliphatic carboxylic acids is 1. The predicted octanol–water partition coefficient (Wildman–Crippen LogP) is 12.4. The Morgan fingerprint density at radius 3 is 2.03 bits per heavy atom. The number of urea groups is 1. The molecule has 1 aliphatic heterocycles. The zero-order chi connectivity index (χ0) is 57.5. The molecule has 1 saturated heterocycles. The number of anilines is 1. The van der Waals surface area contributed by atoms with Crippen molar-refractivity contribution in [2.75, 3.05) is 72.2 Å². The normalized spacial score (nSPS) is 14.9. The van der Waals surface area contributed by atoms with Crippen LogP contribution in [0.4, 0.5) is 9.93 Å². The fraction of sp³-hybridized carbons (Fsp3) is 0.768. The standard InChI is InChI=1S/C14H28N2O2S.C12H19N3OS.C11H25N.C7H13NO2.C5H8.C2H4O2.2C2H6.CH4O/c1-5-15-12(17)16-14(9-7-6-8-10-14)11-19(18)13(2,3)4;1-9(2)14-12-15-11(8-17-12)7-13-6-5-10(3)16-4;1-4-5-6-7-8-9-11(2)10-12-3;1-10-5-7-3-2-4-8(7)6-9;1-3-5-4-2;1-2(3)4;3*1-2/h5-11H2,1-4H3,(H2,15,16,17);5,7-9H,6H2,1-4H3,(H,14,15);11-12H,4-10H2,1-3H3;6-7H,2-5H2,1H3;3-4H,1-2,5H2;1H3,(H,3,4);2*1-2H3;2H,1H3/b;10-5+,13-7?;;;;;;;/t;;;7-;;;;;/m...0...../s1. The van der Waals surface area contributed by atoms with E-state index >= 15 is 0 Å². The highest BCUT2D eigenvalue weighted by Gasteiger charge is 2.37. The molecule has 2 heterocycles. The minimum Gasteiger partial charge on any atom is -0.502 e. The van der Waals surface area contributed by atoms with Gasteiger partial charge in [-0.25, -0.2) is 9.78 Å². The molecule has 3 atom stereocenters. The van der Waals surface area contributed by atoms with Gasteiger partial charge in [-0.2, -0.15) is 0 Å². The van der Waals surface area contributed by atoms with Crippen LogP contribution >= 0.6 is 11.3 Å². The van der Waals surface area contributed by atoms with Gasteiger partial charge in [0.05, 0.1) is 43.3 Å². The van der Waals surface area contributed by atoms with Gasteiger partial charge < -0.3 is 45.9 Å². The van der Waals surface area contributed by atoms with E-state index in [4.69, 9.17) is 24.5 Å². The highest BCUT2D eigenvalue weighted by molar-refractivity contribution is 7.86. The first-order valence-corrected chi connectivity index (χ1v) is 29.0. The maximum absolute atomic E-state index is 12.4. The van der Waals surface area contributed by atoms with Gasteiger partial charge in [0.1, 0.15) is 0 Å². The number of ether oxygens (including phenoxy) is 2. The van der Waals surface area contributed by atoms with Crippen molar-refractivity contribution in [3.05, 3.63) is 48.2 Å². The van der Waals surface area contributed by atoms with Crippen molar-refractivity contribution < 1.29 is 38.3 Å². The van der Waals surface area contributed by atoms with Crippen LogP contribution in [-0.4, -0.2) is 138 Å². The second-order valence-corrected chi connectivity index (χ2v) is 21.2. The summed E-state index contributed by atoms with van der Waals surface area (Å²) in [6.45, 7) is 38.6. The minimum absolute atomic E-state index is 0.129.